The van der Waals surface area contributed by atoms with E-state index in [4.69, 9.17) is 14.2 Å². The molecular formula is C72H85N15O12S. The van der Waals surface area contributed by atoms with Crippen molar-refractivity contribution in [1.29, 1.82) is 0 Å². The molecule has 0 atom stereocenters. The Morgan fingerprint density at radius 1 is 0.470 bits per heavy atom. The Labute approximate surface area is 582 Å². The lowest BCUT2D eigenvalue weighted by molar-refractivity contribution is 0.0514. The van der Waals surface area contributed by atoms with Gasteiger partial charge in [-0.05, 0) is 50.4 Å². The van der Waals surface area contributed by atoms with Crippen molar-refractivity contribution in [2.24, 2.45) is 21.1 Å². The van der Waals surface area contributed by atoms with Crippen LogP contribution in [0.25, 0.3) is 43.5 Å². The summed E-state index contributed by atoms with van der Waals surface area (Å²) in [5, 5.41) is 7.07. The molecule has 3 aliphatic rings. The van der Waals surface area contributed by atoms with Crippen molar-refractivity contribution < 1.29 is 43.0 Å². The zero-order valence-corrected chi connectivity index (χ0v) is 55.6. The second-order valence-electron chi connectivity index (χ2n) is 22.9. The Bertz CT molecular complexity index is 4830. The number of anilines is 4. The Kier molecular flexibility index (Phi) is 24.5. The van der Waals surface area contributed by atoms with Gasteiger partial charge in [0.05, 0.1) is 77.7 Å². The van der Waals surface area contributed by atoms with E-state index in [2.05, 4.69) is 29.0 Å². The first-order valence-corrected chi connectivity index (χ1v) is 32.6. The SMILES string of the molecule is C.C.C.CCOC(=O)c1c(N2CCN(C(=O)c3cnc[nH]3)CC2)c2ccccc2n(C)c1=O.CCOC(=O)c1c(N2CCN(C(=O)c3nccc4ccccc34)CC2)c2ccccc2n(C)c1=O.CCOC(=O)c1c(N2CCN(C(=O)c3nsnc3NC)CC2)c2ccccc2n(C)c1=O. The molecule has 13 rings (SSSR count). The molecule has 4 aromatic carbocycles. The number of para-hydroxylation sites is 3. The number of hydrogen-bond acceptors (Lipinski definition) is 21. The minimum atomic E-state index is -0.639. The van der Waals surface area contributed by atoms with E-state index < -0.39 is 34.6 Å². The number of aryl methyl sites for hydroxylation is 3. The number of imidazole rings is 1. The first kappa shape index (κ1) is 74.5. The Morgan fingerprint density at radius 3 is 1.20 bits per heavy atom. The number of carbonyl (C=O) groups is 6. The number of aromatic amines is 1. The monoisotopic (exact) mass is 1380 g/mol. The van der Waals surface area contributed by atoms with Crippen LogP contribution in [0.5, 0.6) is 0 Å². The van der Waals surface area contributed by atoms with Crippen molar-refractivity contribution in [2.45, 2.75) is 43.1 Å². The molecule has 27 nitrogen and oxygen atoms in total. The smallest absolute Gasteiger partial charge is 0.345 e. The van der Waals surface area contributed by atoms with Gasteiger partial charge in [-0.15, -0.1) is 0 Å². The zero-order chi connectivity index (χ0) is 68.6. The third-order valence-corrected chi connectivity index (χ3v) is 18.0. The minimum Gasteiger partial charge on any atom is -0.462 e. The standard InChI is InChI=1S/C27H26N4O4.C21H24N6O4S.C21H23N5O4.3CH4/c1-3-35-27(34)22-24(20-10-6-7-11-21(20)29(2)25(22)32)30-14-16-31(17-15-30)26(33)23-19-9-5-4-8-18(19)12-13-28-23;1-4-31-21(30)15-17(13-7-5-6-8-14(13)25(3)19(15)28)26-9-11-27(12-10-26)20(29)16-18(22-2)24-32-23-16;1-3-30-21(29)17-18(14-6-4-5-7-16(14)24(2)20(17)28)25-8-10-26(11-9-25)19(27)15-12-22-13-23-15;;;/h4-13H,3,14-17H2,1-2H3;5-8H,4,9-12H2,1-3H3,(H,22,24);4-7,12-13H,3,8-11H2,1-2H3,(H,22,23);3*1H4. The Balaban J connectivity index is 0.000000189. The third kappa shape index (κ3) is 14.6. The highest BCUT2D eigenvalue weighted by Gasteiger charge is 2.35. The zero-order valence-electron chi connectivity index (χ0n) is 54.8. The first-order chi connectivity index (χ1) is 47.0. The summed E-state index contributed by atoms with van der Waals surface area (Å²) in [7, 11) is 6.65. The number of pyridine rings is 4. The number of amides is 3. The van der Waals surface area contributed by atoms with E-state index in [0.717, 1.165) is 55.2 Å². The molecule has 6 aromatic heterocycles. The molecule has 526 valence electrons. The van der Waals surface area contributed by atoms with Gasteiger partial charge in [-0.2, -0.15) is 8.75 Å². The van der Waals surface area contributed by atoms with E-state index in [1.807, 2.05) is 118 Å². The molecule has 3 aliphatic heterocycles. The predicted octanol–water partition coefficient (Wildman–Crippen LogP) is 8.11. The van der Waals surface area contributed by atoms with Crippen LogP contribution in [-0.2, 0) is 35.4 Å². The van der Waals surface area contributed by atoms with E-state index in [9.17, 15) is 43.2 Å². The molecule has 0 unspecified atom stereocenters. The molecule has 100 heavy (non-hydrogen) atoms. The van der Waals surface area contributed by atoms with Crippen molar-refractivity contribution >= 4 is 114 Å². The molecule has 0 radical (unpaired) electrons. The highest BCUT2D eigenvalue weighted by molar-refractivity contribution is 6.99. The summed E-state index contributed by atoms with van der Waals surface area (Å²) in [6.45, 7) is 11.2. The number of aromatic nitrogens is 8. The van der Waals surface area contributed by atoms with E-state index in [1.54, 1.807) is 69.9 Å². The molecule has 0 spiro atoms. The van der Waals surface area contributed by atoms with Gasteiger partial charge in [0.15, 0.2) is 11.5 Å². The predicted molar refractivity (Wildman–Crippen MR) is 390 cm³/mol. The molecule has 2 N–H and O–H groups in total. The number of piperazine rings is 3. The van der Waals surface area contributed by atoms with Gasteiger partial charge in [0, 0.05) is 134 Å². The summed E-state index contributed by atoms with van der Waals surface area (Å²) in [5.41, 5.74) is 3.97. The van der Waals surface area contributed by atoms with Crippen LogP contribution in [0.4, 0.5) is 22.9 Å². The largest absolute Gasteiger partial charge is 0.462 e. The number of benzene rings is 4. The van der Waals surface area contributed by atoms with Crippen molar-refractivity contribution in [2.75, 3.05) is 125 Å². The van der Waals surface area contributed by atoms with Crippen molar-refractivity contribution in [1.82, 2.24) is 52.1 Å². The van der Waals surface area contributed by atoms with E-state index >= 15 is 0 Å². The van der Waals surface area contributed by atoms with Gasteiger partial charge in [-0.1, -0.05) is 101 Å². The van der Waals surface area contributed by atoms with Gasteiger partial charge < -0.3 is 67.6 Å². The quantitative estimate of drug-likeness (QED) is 0.0813. The van der Waals surface area contributed by atoms with Crippen LogP contribution in [0.3, 0.4) is 0 Å². The third-order valence-electron chi connectivity index (χ3n) is 17.4. The van der Waals surface area contributed by atoms with Crippen LogP contribution >= 0.6 is 11.7 Å². The van der Waals surface area contributed by atoms with Crippen molar-refractivity contribution in [3.63, 3.8) is 0 Å². The summed E-state index contributed by atoms with van der Waals surface area (Å²) in [6.07, 6.45) is 4.63. The van der Waals surface area contributed by atoms with Crippen LogP contribution in [0.2, 0.25) is 0 Å². The van der Waals surface area contributed by atoms with Crippen molar-refractivity contribution in [3.05, 3.63) is 187 Å². The molecule has 28 heteroatoms. The van der Waals surface area contributed by atoms with Gasteiger partial charge in [-0.3, -0.25) is 33.8 Å². The molecule has 0 bridgehead atoms. The Morgan fingerprint density at radius 2 is 0.830 bits per heavy atom. The topological polar surface area (TPSA) is 295 Å². The number of rotatable bonds is 13. The molecule has 0 saturated carbocycles. The van der Waals surface area contributed by atoms with Gasteiger partial charge in [-0.25, -0.2) is 19.4 Å². The van der Waals surface area contributed by atoms with Crippen LogP contribution in [0, 0.1) is 0 Å². The van der Waals surface area contributed by atoms with E-state index in [1.165, 1.54) is 26.2 Å². The fraction of sp³-hybridized carbons (Fsp3) is 0.347. The lowest BCUT2D eigenvalue weighted by Gasteiger charge is -2.37. The fourth-order valence-corrected chi connectivity index (χ4v) is 13.2. The minimum absolute atomic E-state index is 0. The normalized spacial score (nSPS) is 13.6. The molecular weight excluding hydrogens is 1300 g/mol. The van der Waals surface area contributed by atoms with Crippen LogP contribution in [0.15, 0.2) is 136 Å². The number of ether oxygens (including phenoxy) is 3. The summed E-state index contributed by atoms with van der Waals surface area (Å²) in [6, 6.07) is 32.1. The highest BCUT2D eigenvalue weighted by Crippen LogP contribution is 2.34. The molecule has 10 aromatic rings. The maximum absolute atomic E-state index is 13.3. The number of H-pyrrole nitrogens is 1. The Hall–Kier alpha value is -11.3. The van der Waals surface area contributed by atoms with Gasteiger partial charge in [0.2, 0.25) is 0 Å². The van der Waals surface area contributed by atoms with Gasteiger partial charge >= 0.3 is 17.9 Å². The van der Waals surface area contributed by atoms with Gasteiger partial charge in [0.1, 0.15) is 28.1 Å². The number of esters is 3. The average molecular weight is 1380 g/mol. The second kappa shape index (κ2) is 32.8. The molecule has 0 aliphatic carbocycles. The summed E-state index contributed by atoms with van der Waals surface area (Å²) in [4.78, 5) is 139. The molecule has 3 amide bonds. The average Bonchev–Trinajstić information content (AvgIpc) is 0.799. The first-order valence-electron chi connectivity index (χ1n) is 31.8. The molecule has 3 saturated heterocycles. The number of carbonyl (C=O) groups excluding carboxylic acids is 6. The maximum Gasteiger partial charge on any atom is 0.345 e. The number of nitrogens with one attached hydrogen (secondary N) is 2. The van der Waals surface area contributed by atoms with Crippen LogP contribution in [0.1, 0.15) is 106 Å². The van der Waals surface area contributed by atoms with Gasteiger partial charge in [0.25, 0.3) is 34.4 Å². The molecule has 3 fully saturated rings. The highest BCUT2D eigenvalue weighted by atomic mass is 32.1. The summed E-state index contributed by atoms with van der Waals surface area (Å²) >= 11 is 0.986. The number of fused-ring (bicyclic) bond motifs is 4. The number of hydrogen-bond donors (Lipinski definition) is 2. The fourth-order valence-electron chi connectivity index (χ4n) is 12.6. The van der Waals surface area contributed by atoms with Crippen LogP contribution < -0.4 is 36.7 Å². The summed E-state index contributed by atoms with van der Waals surface area (Å²) < 4.78 is 28.3. The van der Waals surface area contributed by atoms with E-state index in [-0.39, 0.29) is 76.5 Å². The number of nitrogens with zero attached hydrogens (tertiary/aromatic N) is 13. The van der Waals surface area contributed by atoms with Crippen LogP contribution in [-0.4, -0.2) is 193 Å². The summed E-state index contributed by atoms with van der Waals surface area (Å²) in [5.74, 6) is -1.87. The van der Waals surface area contributed by atoms with Crippen molar-refractivity contribution in [3.8, 4) is 0 Å². The lowest BCUT2D eigenvalue weighted by Crippen LogP contribution is -2.50. The lowest BCUT2D eigenvalue weighted by atomic mass is 10.1. The molecule has 9 heterocycles. The second-order valence-corrected chi connectivity index (χ2v) is 23.4. The van der Waals surface area contributed by atoms with E-state index in [0.29, 0.717) is 118 Å². The maximum atomic E-state index is 13.3.